The molecule has 1 unspecified atom stereocenters. The molecule has 1 aliphatic heterocycles. The van der Waals surface area contributed by atoms with Gasteiger partial charge in [-0.25, -0.2) is 0 Å². The number of Topliss-reactive ketones (excluding diaryl/α,β-unsaturated/α-hetero) is 1. The van der Waals surface area contributed by atoms with Gasteiger partial charge in [0, 0.05) is 16.2 Å². The molecule has 0 aromatic heterocycles. The molecule has 2 nitrogen and oxygen atoms in total. The van der Waals surface area contributed by atoms with Crippen molar-refractivity contribution in [1.29, 1.82) is 0 Å². The smallest absolute Gasteiger partial charge is 0.175 e. The number of benzene rings is 2. The zero-order valence-electron chi connectivity index (χ0n) is 12.5. The third kappa shape index (κ3) is 2.36. The fourth-order valence-electron chi connectivity index (χ4n) is 2.72. The molecule has 0 aliphatic carbocycles. The summed E-state index contributed by atoms with van der Waals surface area (Å²) in [5.74, 6) is 1.76. The molecule has 2 aromatic rings. The second-order valence-electron chi connectivity index (χ2n) is 5.68. The molecule has 2 aromatic carbocycles. The second-order valence-corrected chi connectivity index (χ2v) is 6.70. The zero-order valence-corrected chi connectivity index (χ0v) is 13.3. The van der Waals surface area contributed by atoms with Crippen molar-refractivity contribution in [3.8, 4) is 5.75 Å². The lowest BCUT2D eigenvalue weighted by molar-refractivity contribution is 0.0906. The molecule has 1 heterocycles. The number of hydrogen-bond donors (Lipinski definition) is 0. The van der Waals surface area contributed by atoms with Crippen LogP contribution in [-0.4, -0.2) is 18.6 Å². The van der Waals surface area contributed by atoms with Crippen LogP contribution in [0.3, 0.4) is 0 Å². The fourth-order valence-corrected chi connectivity index (χ4v) is 3.98. The molecule has 0 spiro atoms. The summed E-state index contributed by atoms with van der Waals surface area (Å²) in [7, 11) is 1.65. The molecule has 1 aliphatic rings. The molecule has 3 rings (SSSR count). The van der Waals surface area contributed by atoms with E-state index in [0.29, 0.717) is 0 Å². The Morgan fingerprint density at radius 2 is 2.00 bits per heavy atom. The molecule has 0 saturated heterocycles. The maximum absolute atomic E-state index is 13.0. The highest BCUT2D eigenvalue weighted by Gasteiger charge is 2.40. The Morgan fingerprint density at radius 1 is 1.19 bits per heavy atom. The Morgan fingerprint density at radius 3 is 2.71 bits per heavy atom. The maximum Gasteiger partial charge on any atom is 0.175 e. The summed E-state index contributed by atoms with van der Waals surface area (Å²) in [6.45, 7) is 4.11. The van der Waals surface area contributed by atoms with Crippen molar-refractivity contribution in [2.24, 2.45) is 0 Å². The van der Waals surface area contributed by atoms with E-state index >= 15 is 0 Å². The molecule has 0 saturated carbocycles. The third-order valence-corrected chi connectivity index (χ3v) is 5.48. The SMILES string of the molecule is COc1ccc2c(c1)SCC(C)(c1cccc(C)c1)C2=O. The predicted molar refractivity (Wildman–Crippen MR) is 86.6 cm³/mol. The number of methoxy groups -OCH3 is 1. The van der Waals surface area contributed by atoms with Gasteiger partial charge in [0.05, 0.1) is 12.5 Å². The van der Waals surface area contributed by atoms with E-state index in [2.05, 4.69) is 25.1 Å². The van der Waals surface area contributed by atoms with Gasteiger partial charge in [-0.3, -0.25) is 4.79 Å². The lowest BCUT2D eigenvalue weighted by Gasteiger charge is -2.33. The van der Waals surface area contributed by atoms with E-state index < -0.39 is 5.41 Å². The molecule has 108 valence electrons. The molecule has 0 radical (unpaired) electrons. The minimum atomic E-state index is -0.460. The van der Waals surface area contributed by atoms with Gasteiger partial charge < -0.3 is 4.74 Å². The van der Waals surface area contributed by atoms with Gasteiger partial charge in [0.2, 0.25) is 0 Å². The third-order valence-electron chi connectivity index (χ3n) is 4.11. The fraction of sp³-hybridized carbons (Fsp3) is 0.278. The summed E-state index contributed by atoms with van der Waals surface area (Å²) in [6, 6.07) is 14.0. The van der Waals surface area contributed by atoms with Crippen LogP contribution >= 0.6 is 11.8 Å². The van der Waals surface area contributed by atoms with Crippen LogP contribution in [0.4, 0.5) is 0 Å². The number of carbonyl (C=O) groups excluding carboxylic acids is 1. The number of thioether (sulfide) groups is 1. The molecule has 1 atom stereocenters. The van der Waals surface area contributed by atoms with Crippen LogP contribution < -0.4 is 4.74 Å². The van der Waals surface area contributed by atoms with Crippen LogP contribution in [0.5, 0.6) is 5.75 Å². The minimum Gasteiger partial charge on any atom is -0.497 e. The number of ether oxygens (including phenoxy) is 1. The Kier molecular flexibility index (Phi) is 3.54. The Balaban J connectivity index is 2.06. The first-order valence-corrected chi connectivity index (χ1v) is 7.96. The average Bonchev–Trinajstić information content (AvgIpc) is 2.51. The maximum atomic E-state index is 13.0. The van der Waals surface area contributed by atoms with Gasteiger partial charge in [0.15, 0.2) is 5.78 Å². The summed E-state index contributed by atoms with van der Waals surface area (Å²) < 4.78 is 5.24. The number of rotatable bonds is 2. The highest BCUT2D eigenvalue weighted by atomic mass is 32.2. The highest BCUT2D eigenvalue weighted by Crippen LogP contribution is 2.43. The molecule has 21 heavy (non-hydrogen) atoms. The van der Waals surface area contributed by atoms with Gasteiger partial charge in [-0.15, -0.1) is 11.8 Å². The molecular weight excluding hydrogens is 280 g/mol. The van der Waals surface area contributed by atoms with Gasteiger partial charge in [-0.05, 0) is 37.6 Å². The number of ketones is 1. The van der Waals surface area contributed by atoms with Crippen LogP contribution in [0.25, 0.3) is 0 Å². The lowest BCUT2D eigenvalue weighted by Crippen LogP contribution is -2.38. The van der Waals surface area contributed by atoms with E-state index in [4.69, 9.17) is 4.74 Å². The first-order chi connectivity index (χ1) is 10.0. The van der Waals surface area contributed by atoms with Crippen LogP contribution in [0.15, 0.2) is 47.4 Å². The minimum absolute atomic E-state index is 0.199. The van der Waals surface area contributed by atoms with Gasteiger partial charge in [-0.1, -0.05) is 29.8 Å². The van der Waals surface area contributed by atoms with Crippen molar-refractivity contribution in [2.75, 3.05) is 12.9 Å². The van der Waals surface area contributed by atoms with Crippen molar-refractivity contribution in [2.45, 2.75) is 24.2 Å². The van der Waals surface area contributed by atoms with Crippen molar-refractivity contribution in [3.05, 3.63) is 59.2 Å². The summed E-state index contributed by atoms with van der Waals surface area (Å²) in [5, 5.41) is 0. The quantitative estimate of drug-likeness (QED) is 0.829. The summed E-state index contributed by atoms with van der Waals surface area (Å²) in [4.78, 5) is 14.0. The van der Waals surface area contributed by atoms with E-state index in [1.54, 1.807) is 18.9 Å². The van der Waals surface area contributed by atoms with Crippen LogP contribution in [-0.2, 0) is 5.41 Å². The monoisotopic (exact) mass is 298 g/mol. The molecule has 3 heteroatoms. The normalized spacial score (nSPS) is 21.0. The first kappa shape index (κ1) is 14.2. The van der Waals surface area contributed by atoms with Crippen LogP contribution in [0.1, 0.15) is 28.4 Å². The van der Waals surface area contributed by atoms with Crippen molar-refractivity contribution < 1.29 is 9.53 Å². The zero-order chi connectivity index (χ0) is 15.0. The number of aryl methyl sites for hydroxylation is 1. The van der Waals surface area contributed by atoms with E-state index in [0.717, 1.165) is 27.5 Å². The van der Waals surface area contributed by atoms with E-state index in [9.17, 15) is 4.79 Å². The molecule has 0 N–H and O–H groups in total. The van der Waals surface area contributed by atoms with Crippen LogP contribution in [0.2, 0.25) is 0 Å². The van der Waals surface area contributed by atoms with Crippen LogP contribution in [0, 0.1) is 6.92 Å². The standard InChI is InChI=1S/C18H18O2S/c1-12-5-4-6-13(9-12)18(2)11-21-16-10-14(20-3)7-8-15(16)17(18)19/h4-10H,11H2,1-3H3. The molecule has 0 fully saturated rings. The topological polar surface area (TPSA) is 26.3 Å². The van der Waals surface area contributed by atoms with Gasteiger partial charge in [0.1, 0.15) is 5.75 Å². The Bertz CT molecular complexity index is 708. The van der Waals surface area contributed by atoms with Crippen molar-refractivity contribution >= 4 is 17.5 Å². The highest BCUT2D eigenvalue weighted by molar-refractivity contribution is 7.99. The van der Waals surface area contributed by atoms with Crippen molar-refractivity contribution in [3.63, 3.8) is 0 Å². The Hall–Kier alpha value is -1.74. The van der Waals surface area contributed by atoms with Gasteiger partial charge in [0.25, 0.3) is 0 Å². The first-order valence-electron chi connectivity index (χ1n) is 6.97. The molecule has 0 amide bonds. The number of fused-ring (bicyclic) bond motifs is 1. The lowest BCUT2D eigenvalue weighted by atomic mass is 9.77. The van der Waals surface area contributed by atoms with Gasteiger partial charge >= 0.3 is 0 Å². The number of hydrogen-bond acceptors (Lipinski definition) is 3. The van der Waals surface area contributed by atoms with E-state index in [1.807, 2.05) is 31.2 Å². The molecule has 0 bridgehead atoms. The summed E-state index contributed by atoms with van der Waals surface area (Å²) >= 11 is 1.73. The second kappa shape index (κ2) is 5.23. The van der Waals surface area contributed by atoms with E-state index in [-0.39, 0.29) is 5.78 Å². The van der Waals surface area contributed by atoms with Crippen molar-refractivity contribution in [1.82, 2.24) is 0 Å². The Labute approximate surface area is 129 Å². The summed E-state index contributed by atoms with van der Waals surface area (Å²) in [6.07, 6.45) is 0. The number of carbonyl (C=O) groups is 1. The largest absolute Gasteiger partial charge is 0.497 e. The van der Waals surface area contributed by atoms with Gasteiger partial charge in [-0.2, -0.15) is 0 Å². The summed E-state index contributed by atoms with van der Waals surface area (Å²) in [5.41, 5.74) is 2.63. The average molecular weight is 298 g/mol. The van der Waals surface area contributed by atoms with E-state index in [1.165, 1.54) is 5.56 Å². The predicted octanol–water partition coefficient (Wildman–Crippen LogP) is 4.25. The molecular formula is C18H18O2S.